The van der Waals surface area contributed by atoms with Gasteiger partial charge in [-0.1, -0.05) is 72.8 Å². The number of hydrogen-bond donors (Lipinski definition) is 0. The Bertz CT molecular complexity index is 1300. The van der Waals surface area contributed by atoms with Gasteiger partial charge in [-0.15, -0.1) is 0 Å². The van der Waals surface area contributed by atoms with Crippen molar-refractivity contribution >= 4 is 27.7 Å². The first-order valence-corrected chi connectivity index (χ1v) is 13.7. The molecule has 0 spiro atoms. The van der Waals surface area contributed by atoms with Gasteiger partial charge in [-0.3, -0.25) is 14.0 Å². The molecule has 1 amide bonds. The van der Waals surface area contributed by atoms with E-state index >= 15 is 0 Å². The third-order valence-electron chi connectivity index (χ3n) is 6.65. The average Bonchev–Trinajstić information content (AvgIpc) is 2.90. The molecule has 0 bridgehead atoms. The first kappa shape index (κ1) is 25.7. The molecule has 1 saturated heterocycles. The average molecular weight is 504 g/mol. The van der Waals surface area contributed by atoms with Crippen molar-refractivity contribution in [3.8, 4) is 0 Å². The van der Waals surface area contributed by atoms with E-state index in [4.69, 9.17) is 0 Å². The van der Waals surface area contributed by atoms with E-state index in [1.54, 1.807) is 41.3 Å². The maximum atomic E-state index is 13.6. The lowest BCUT2D eigenvalue weighted by atomic mass is 10.1. The van der Waals surface area contributed by atoms with Crippen LogP contribution < -0.4 is 4.31 Å². The predicted molar refractivity (Wildman–Crippen MR) is 145 cm³/mol. The SMILES string of the molecule is Cc1cccc(N(CC(=O)N2CCN(C/C=C/c3ccccc3)CC2)S(=O)(=O)c2ccccc2)c1C. The first-order chi connectivity index (χ1) is 17.4. The molecule has 0 aliphatic carbocycles. The highest BCUT2D eigenvalue weighted by Crippen LogP contribution is 2.28. The molecule has 0 unspecified atom stereocenters. The van der Waals surface area contributed by atoms with Crippen molar-refractivity contribution in [2.24, 2.45) is 0 Å². The van der Waals surface area contributed by atoms with Crippen LogP contribution >= 0.6 is 0 Å². The second-order valence-corrected chi connectivity index (χ2v) is 10.9. The van der Waals surface area contributed by atoms with Gasteiger partial charge in [-0.05, 0) is 48.7 Å². The molecule has 188 valence electrons. The van der Waals surface area contributed by atoms with Crippen molar-refractivity contribution in [3.63, 3.8) is 0 Å². The summed E-state index contributed by atoms with van der Waals surface area (Å²) in [5.41, 5.74) is 3.53. The fourth-order valence-electron chi connectivity index (χ4n) is 4.33. The van der Waals surface area contributed by atoms with E-state index in [0.717, 1.165) is 36.3 Å². The molecule has 0 radical (unpaired) electrons. The van der Waals surface area contributed by atoms with Gasteiger partial charge in [-0.25, -0.2) is 8.42 Å². The Morgan fingerprint density at radius 2 is 1.50 bits per heavy atom. The summed E-state index contributed by atoms with van der Waals surface area (Å²) in [6.45, 7) is 7.07. The van der Waals surface area contributed by atoms with Gasteiger partial charge in [0.05, 0.1) is 10.6 Å². The van der Waals surface area contributed by atoms with E-state index in [2.05, 4.69) is 29.2 Å². The molecule has 1 aliphatic heterocycles. The van der Waals surface area contributed by atoms with Crippen LogP contribution in [0.2, 0.25) is 0 Å². The van der Waals surface area contributed by atoms with Crippen LogP contribution in [0.5, 0.6) is 0 Å². The fraction of sp³-hybridized carbons (Fsp3) is 0.276. The zero-order valence-electron chi connectivity index (χ0n) is 20.9. The highest BCUT2D eigenvalue weighted by Gasteiger charge is 2.31. The molecule has 7 heteroatoms. The summed E-state index contributed by atoms with van der Waals surface area (Å²) in [7, 11) is -3.91. The third-order valence-corrected chi connectivity index (χ3v) is 8.43. The molecule has 6 nitrogen and oxygen atoms in total. The number of nitrogens with zero attached hydrogens (tertiary/aromatic N) is 3. The van der Waals surface area contributed by atoms with Crippen LogP contribution in [-0.2, 0) is 14.8 Å². The largest absolute Gasteiger partial charge is 0.339 e. The van der Waals surface area contributed by atoms with Crippen LogP contribution in [0.4, 0.5) is 5.69 Å². The Labute approximate surface area is 214 Å². The van der Waals surface area contributed by atoms with E-state index in [1.807, 2.05) is 44.2 Å². The Kier molecular flexibility index (Phi) is 8.23. The molecule has 1 aliphatic rings. The van der Waals surface area contributed by atoms with Crippen molar-refractivity contribution < 1.29 is 13.2 Å². The second kappa shape index (κ2) is 11.5. The van der Waals surface area contributed by atoms with Gasteiger partial charge < -0.3 is 4.90 Å². The molecule has 1 fully saturated rings. The van der Waals surface area contributed by atoms with Crippen LogP contribution in [0.25, 0.3) is 6.08 Å². The lowest BCUT2D eigenvalue weighted by molar-refractivity contribution is -0.131. The highest BCUT2D eigenvalue weighted by molar-refractivity contribution is 7.92. The fourth-order valence-corrected chi connectivity index (χ4v) is 5.82. The summed E-state index contributed by atoms with van der Waals surface area (Å²) in [5.74, 6) is -0.185. The summed E-state index contributed by atoms with van der Waals surface area (Å²) in [4.78, 5) is 17.6. The lowest BCUT2D eigenvalue weighted by Gasteiger charge is -2.35. The van der Waals surface area contributed by atoms with Gasteiger partial charge in [0, 0.05) is 32.7 Å². The monoisotopic (exact) mass is 503 g/mol. The zero-order chi connectivity index (χ0) is 25.5. The zero-order valence-corrected chi connectivity index (χ0v) is 21.7. The first-order valence-electron chi connectivity index (χ1n) is 12.2. The van der Waals surface area contributed by atoms with Gasteiger partial charge >= 0.3 is 0 Å². The van der Waals surface area contributed by atoms with Crippen LogP contribution in [-0.4, -0.2) is 63.4 Å². The third kappa shape index (κ3) is 6.04. The molecule has 3 aromatic carbocycles. The number of carbonyl (C=O) groups excluding carboxylic acids is 1. The maximum absolute atomic E-state index is 13.6. The summed E-state index contributed by atoms with van der Waals surface area (Å²) in [6, 6.07) is 24.0. The molecule has 4 rings (SSSR count). The Morgan fingerprint density at radius 3 is 2.17 bits per heavy atom. The number of amides is 1. The smallest absolute Gasteiger partial charge is 0.264 e. The number of anilines is 1. The molecule has 36 heavy (non-hydrogen) atoms. The van der Waals surface area contributed by atoms with Crippen LogP contribution in [0.1, 0.15) is 16.7 Å². The minimum Gasteiger partial charge on any atom is -0.339 e. The molecular formula is C29H33N3O3S. The van der Waals surface area contributed by atoms with Gasteiger partial charge in [0.2, 0.25) is 5.91 Å². The summed E-state index contributed by atoms with van der Waals surface area (Å²) in [5, 5.41) is 0. The number of piperazine rings is 1. The van der Waals surface area contributed by atoms with E-state index in [0.29, 0.717) is 18.8 Å². The maximum Gasteiger partial charge on any atom is 0.264 e. The predicted octanol–water partition coefficient (Wildman–Crippen LogP) is 4.36. The van der Waals surface area contributed by atoms with E-state index < -0.39 is 10.0 Å². The van der Waals surface area contributed by atoms with Crippen LogP contribution in [0.3, 0.4) is 0 Å². The Hall–Kier alpha value is -3.42. The standard InChI is InChI=1S/C29H33N3O3S/c1-24-11-9-17-28(25(24)2)32(36(34,35)27-15-7-4-8-16-27)23-29(33)31-21-19-30(20-22-31)18-10-14-26-12-5-3-6-13-26/h3-17H,18-23H2,1-2H3/b14-10+. The summed E-state index contributed by atoms with van der Waals surface area (Å²) in [6.07, 6.45) is 4.25. The van der Waals surface area contributed by atoms with Crippen molar-refractivity contribution in [3.05, 3.63) is 102 Å². The molecule has 0 aromatic heterocycles. The van der Waals surface area contributed by atoms with Crippen LogP contribution in [0, 0.1) is 13.8 Å². The minimum atomic E-state index is -3.91. The minimum absolute atomic E-state index is 0.175. The van der Waals surface area contributed by atoms with Crippen molar-refractivity contribution in [2.45, 2.75) is 18.7 Å². The number of hydrogen-bond acceptors (Lipinski definition) is 4. The van der Waals surface area contributed by atoms with Crippen molar-refractivity contribution in [1.29, 1.82) is 0 Å². The molecule has 3 aromatic rings. The van der Waals surface area contributed by atoms with Gasteiger partial charge in [-0.2, -0.15) is 0 Å². The van der Waals surface area contributed by atoms with Gasteiger partial charge in [0.1, 0.15) is 6.54 Å². The van der Waals surface area contributed by atoms with E-state index in [-0.39, 0.29) is 17.3 Å². The number of aryl methyl sites for hydroxylation is 1. The molecule has 0 saturated carbocycles. The quantitative estimate of drug-likeness (QED) is 0.458. The summed E-state index contributed by atoms with van der Waals surface area (Å²) < 4.78 is 28.5. The number of carbonyl (C=O) groups is 1. The normalized spacial score (nSPS) is 14.8. The highest BCUT2D eigenvalue weighted by atomic mass is 32.2. The second-order valence-electron chi connectivity index (χ2n) is 9.04. The van der Waals surface area contributed by atoms with Crippen LogP contribution in [0.15, 0.2) is 89.8 Å². The molecule has 0 atom stereocenters. The van der Waals surface area contributed by atoms with Gasteiger partial charge in [0.25, 0.3) is 10.0 Å². The molecule has 0 N–H and O–H groups in total. The topological polar surface area (TPSA) is 60.9 Å². The molecular weight excluding hydrogens is 470 g/mol. The Morgan fingerprint density at radius 1 is 0.861 bits per heavy atom. The number of sulfonamides is 1. The lowest BCUT2D eigenvalue weighted by Crippen LogP contribution is -2.51. The van der Waals surface area contributed by atoms with Crippen molar-refractivity contribution in [2.75, 3.05) is 43.6 Å². The number of benzene rings is 3. The van der Waals surface area contributed by atoms with E-state index in [1.165, 1.54) is 4.31 Å². The van der Waals surface area contributed by atoms with Crippen molar-refractivity contribution in [1.82, 2.24) is 9.80 Å². The van der Waals surface area contributed by atoms with Gasteiger partial charge in [0.15, 0.2) is 0 Å². The van der Waals surface area contributed by atoms with E-state index in [9.17, 15) is 13.2 Å². The Balaban J connectivity index is 1.45. The molecule has 1 heterocycles. The summed E-state index contributed by atoms with van der Waals surface area (Å²) >= 11 is 0. The number of rotatable bonds is 8.